The average Bonchev–Trinajstić information content (AvgIpc) is 3.32. The summed E-state index contributed by atoms with van der Waals surface area (Å²) in [5.74, 6) is -0.230. The molecule has 1 aromatic rings. The van der Waals surface area contributed by atoms with Gasteiger partial charge in [0.25, 0.3) is 0 Å². The van der Waals surface area contributed by atoms with Gasteiger partial charge in [0.2, 0.25) is 5.91 Å². The van der Waals surface area contributed by atoms with Gasteiger partial charge in [-0.25, -0.2) is 4.79 Å². The Morgan fingerprint density at radius 3 is 2.36 bits per heavy atom. The van der Waals surface area contributed by atoms with Gasteiger partial charge in [0.1, 0.15) is 0 Å². The number of imide groups is 1. The summed E-state index contributed by atoms with van der Waals surface area (Å²) in [6, 6.07) is 10.2. The van der Waals surface area contributed by atoms with Crippen molar-refractivity contribution in [1.82, 2.24) is 15.5 Å². The van der Waals surface area contributed by atoms with Crippen LogP contribution in [0, 0.1) is 0 Å². The molecule has 3 amide bonds. The Labute approximate surface area is 130 Å². The molecule has 0 spiro atoms. The predicted octanol–water partition coefficient (Wildman–Crippen LogP) is 0.797. The Kier molecular flexibility index (Phi) is 4.58. The Morgan fingerprint density at radius 1 is 1.05 bits per heavy atom. The first-order valence-electron chi connectivity index (χ1n) is 7.83. The van der Waals surface area contributed by atoms with E-state index in [0.29, 0.717) is 0 Å². The molecular formula is C16H22N4O2. The van der Waals surface area contributed by atoms with E-state index in [2.05, 4.69) is 32.6 Å². The zero-order valence-electron chi connectivity index (χ0n) is 12.6. The summed E-state index contributed by atoms with van der Waals surface area (Å²) >= 11 is 0. The van der Waals surface area contributed by atoms with E-state index in [1.807, 2.05) is 18.2 Å². The van der Waals surface area contributed by atoms with Gasteiger partial charge in [-0.1, -0.05) is 18.2 Å². The molecule has 0 bridgehead atoms. The van der Waals surface area contributed by atoms with Gasteiger partial charge in [-0.15, -0.1) is 0 Å². The van der Waals surface area contributed by atoms with E-state index in [1.54, 1.807) is 0 Å². The Balaban J connectivity index is 1.39. The lowest BCUT2D eigenvalue weighted by atomic mass is 10.2. The number of para-hydroxylation sites is 1. The number of hydrogen-bond acceptors (Lipinski definition) is 4. The SMILES string of the molecule is O=C(CN1CCN(c2ccccc2)CC1)NC(=O)NC1CC1. The van der Waals surface area contributed by atoms with Crippen LogP contribution in [0.3, 0.4) is 0 Å². The minimum atomic E-state index is -0.365. The smallest absolute Gasteiger partial charge is 0.321 e. The number of amides is 3. The highest BCUT2D eigenvalue weighted by Crippen LogP contribution is 2.18. The quantitative estimate of drug-likeness (QED) is 0.863. The highest BCUT2D eigenvalue weighted by Gasteiger charge is 2.24. The molecule has 1 aromatic carbocycles. The fourth-order valence-electron chi connectivity index (χ4n) is 2.62. The zero-order valence-corrected chi connectivity index (χ0v) is 12.6. The van der Waals surface area contributed by atoms with Crippen LogP contribution in [0.5, 0.6) is 0 Å². The molecule has 1 saturated carbocycles. The number of nitrogens with one attached hydrogen (secondary N) is 2. The van der Waals surface area contributed by atoms with Crippen LogP contribution in [0.25, 0.3) is 0 Å². The third-order valence-corrected chi connectivity index (χ3v) is 4.03. The van der Waals surface area contributed by atoms with E-state index < -0.39 is 0 Å². The van der Waals surface area contributed by atoms with Crippen molar-refractivity contribution in [2.75, 3.05) is 37.6 Å². The lowest BCUT2D eigenvalue weighted by Gasteiger charge is -2.35. The number of carbonyl (C=O) groups excluding carboxylic acids is 2. The van der Waals surface area contributed by atoms with Gasteiger partial charge in [0, 0.05) is 37.9 Å². The second-order valence-electron chi connectivity index (χ2n) is 5.89. The van der Waals surface area contributed by atoms with Crippen molar-refractivity contribution in [3.05, 3.63) is 30.3 Å². The monoisotopic (exact) mass is 302 g/mol. The molecule has 6 heteroatoms. The first kappa shape index (κ1) is 14.8. The van der Waals surface area contributed by atoms with Crippen LogP contribution in [0.2, 0.25) is 0 Å². The zero-order chi connectivity index (χ0) is 15.4. The molecule has 3 rings (SSSR count). The van der Waals surface area contributed by atoms with Gasteiger partial charge >= 0.3 is 6.03 Å². The minimum absolute atomic E-state index is 0.230. The van der Waals surface area contributed by atoms with Crippen LogP contribution < -0.4 is 15.5 Å². The van der Waals surface area contributed by atoms with Crippen molar-refractivity contribution >= 4 is 17.6 Å². The van der Waals surface area contributed by atoms with Gasteiger partial charge < -0.3 is 10.2 Å². The van der Waals surface area contributed by atoms with E-state index in [1.165, 1.54) is 5.69 Å². The topological polar surface area (TPSA) is 64.7 Å². The predicted molar refractivity (Wildman–Crippen MR) is 84.8 cm³/mol. The summed E-state index contributed by atoms with van der Waals surface area (Å²) in [4.78, 5) is 27.8. The number of hydrogen-bond donors (Lipinski definition) is 2. The molecule has 0 atom stereocenters. The van der Waals surface area contributed by atoms with Crippen molar-refractivity contribution in [3.63, 3.8) is 0 Å². The van der Waals surface area contributed by atoms with Crippen LogP contribution in [-0.2, 0) is 4.79 Å². The van der Waals surface area contributed by atoms with Gasteiger partial charge in [-0.05, 0) is 25.0 Å². The molecule has 1 aliphatic heterocycles. The lowest BCUT2D eigenvalue weighted by molar-refractivity contribution is -0.121. The van der Waals surface area contributed by atoms with Crippen molar-refractivity contribution in [2.45, 2.75) is 18.9 Å². The lowest BCUT2D eigenvalue weighted by Crippen LogP contribution is -2.51. The maximum atomic E-state index is 11.8. The third-order valence-electron chi connectivity index (χ3n) is 4.03. The fraction of sp³-hybridized carbons (Fsp3) is 0.500. The summed E-state index contributed by atoms with van der Waals surface area (Å²) in [6.07, 6.45) is 2.03. The van der Waals surface area contributed by atoms with Crippen LogP contribution in [-0.4, -0.2) is 55.6 Å². The van der Waals surface area contributed by atoms with Gasteiger partial charge in [0.05, 0.1) is 6.54 Å². The van der Waals surface area contributed by atoms with Crippen LogP contribution in [0.15, 0.2) is 30.3 Å². The maximum absolute atomic E-state index is 11.8. The molecule has 0 radical (unpaired) electrons. The molecule has 1 aliphatic carbocycles. The highest BCUT2D eigenvalue weighted by molar-refractivity contribution is 5.95. The van der Waals surface area contributed by atoms with E-state index in [4.69, 9.17) is 0 Å². The molecule has 2 N–H and O–H groups in total. The number of piperazine rings is 1. The Morgan fingerprint density at radius 2 is 1.73 bits per heavy atom. The van der Waals surface area contributed by atoms with Crippen molar-refractivity contribution in [3.8, 4) is 0 Å². The van der Waals surface area contributed by atoms with Crippen molar-refractivity contribution < 1.29 is 9.59 Å². The molecule has 1 heterocycles. The van der Waals surface area contributed by atoms with Crippen molar-refractivity contribution in [2.24, 2.45) is 0 Å². The summed E-state index contributed by atoms with van der Waals surface area (Å²) < 4.78 is 0. The van der Waals surface area contributed by atoms with Crippen molar-refractivity contribution in [1.29, 1.82) is 0 Å². The number of benzene rings is 1. The summed E-state index contributed by atoms with van der Waals surface area (Å²) in [6.45, 7) is 3.72. The highest BCUT2D eigenvalue weighted by atomic mass is 16.2. The first-order chi connectivity index (χ1) is 10.7. The minimum Gasteiger partial charge on any atom is -0.369 e. The molecule has 1 saturated heterocycles. The van der Waals surface area contributed by atoms with Crippen LogP contribution in [0.4, 0.5) is 10.5 Å². The maximum Gasteiger partial charge on any atom is 0.321 e. The van der Waals surface area contributed by atoms with Gasteiger partial charge in [0.15, 0.2) is 0 Å². The molecule has 0 unspecified atom stereocenters. The van der Waals surface area contributed by atoms with Crippen LogP contribution >= 0.6 is 0 Å². The van der Waals surface area contributed by atoms with E-state index >= 15 is 0 Å². The summed E-state index contributed by atoms with van der Waals surface area (Å²) in [7, 11) is 0. The largest absolute Gasteiger partial charge is 0.369 e. The first-order valence-corrected chi connectivity index (χ1v) is 7.83. The fourth-order valence-corrected chi connectivity index (χ4v) is 2.62. The van der Waals surface area contributed by atoms with E-state index in [9.17, 15) is 9.59 Å². The molecule has 118 valence electrons. The molecule has 22 heavy (non-hydrogen) atoms. The standard InChI is InChI=1S/C16H22N4O2/c21-15(18-16(22)17-13-6-7-13)12-19-8-10-20(11-9-19)14-4-2-1-3-5-14/h1-5,13H,6-12H2,(H2,17,18,21,22). The number of carbonyl (C=O) groups is 2. The number of anilines is 1. The molecule has 2 aliphatic rings. The number of rotatable bonds is 4. The Bertz CT molecular complexity index is 522. The average molecular weight is 302 g/mol. The van der Waals surface area contributed by atoms with Crippen LogP contribution in [0.1, 0.15) is 12.8 Å². The summed E-state index contributed by atoms with van der Waals surface area (Å²) in [5.41, 5.74) is 1.22. The normalized spacial score (nSPS) is 18.8. The van der Waals surface area contributed by atoms with E-state index in [0.717, 1.165) is 39.0 Å². The second-order valence-corrected chi connectivity index (χ2v) is 5.89. The van der Waals surface area contributed by atoms with Gasteiger partial charge in [-0.3, -0.25) is 15.0 Å². The Hall–Kier alpha value is -2.08. The molecular weight excluding hydrogens is 280 g/mol. The van der Waals surface area contributed by atoms with E-state index in [-0.39, 0.29) is 24.5 Å². The third kappa shape index (κ3) is 4.21. The number of urea groups is 1. The summed E-state index contributed by atoms with van der Waals surface area (Å²) in [5, 5.41) is 5.15. The molecule has 2 fully saturated rings. The number of nitrogens with zero attached hydrogens (tertiary/aromatic N) is 2. The van der Waals surface area contributed by atoms with Gasteiger partial charge in [-0.2, -0.15) is 0 Å². The molecule has 6 nitrogen and oxygen atoms in total. The second kappa shape index (κ2) is 6.79. The molecule has 0 aromatic heterocycles.